The lowest BCUT2D eigenvalue weighted by Gasteiger charge is -2.06. The zero-order valence-electron chi connectivity index (χ0n) is 11.8. The van der Waals surface area contributed by atoms with E-state index in [0.717, 1.165) is 11.3 Å². The zero-order valence-corrected chi connectivity index (χ0v) is 12.5. The third-order valence-electron chi connectivity index (χ3n) is 3.36. The van der Waals surface area contributed by atoms with Crippen molar-refractivity contribution >= 4 is 28.5 Å². The summed E-state index contributed by atoms with van der Waals surface area (Å²) in [6, 6.07) is 7.66. The molecule has 0 bridgehead atoms. The maximum absolute atomic E-state index is 11.3. The number of ether oxygens (including phenoxy) is 1. The van der Waals surface area contributed by atoms with Crippen molar-refractivity contribution in [1.29, 1.82) is 0 Å². The Balaban J connectivity index is 1.97. The fraction of sp³-hybridized carbons (Fsp3) is 0.133. The second-order valence-electron chi connectivity index (χ2n) is 4.74. The van der Waals surface area contributed by atoms with Crippen molar-refractivity contribution in [1.82, 2.24) is 14.8 Å². The van der Waals surface area contributed by atoms with E-state index in [1.807, 2.05) is 24.3 Å². The number of rotatable bonds is 4. The van der Waals surface area contributed by atoms with E-state index >= 15 is 0 Å². The van der Waals surface area contributed by atoms with Crippen LogP contribution in [0.1, 0.15) is 15.9 Å². The summed E-state index contributed by atoms with van der Waals surface area (Å²) in [4.78, 5) is 15.5. The normalized spacial score (nSPS) is 10.8. The van der Waals surface area contributed by atoms with Gasteiger partial charge in [-0.1, -0.05) is 23.7 Å². The minimum absolute atomic E-state index is 0.193. The minimum atomic E-state index is -0.609. The average Bonchev–Trinajstić information content (AvgIpc) is 2.92. The first-order valence-corrected chi connectivity index (χ1v) is 6.90. The fourth-order valence-corrected chi connectivity index (χ4v) is 2.46. The number of fused-ring (bicyclic) bond motifs is 1. The first kappa shape index (κ1) is 14.3. The average molecular weight is 317 g/mol. The Kier molecular flexibility index (Phi) is 3.68. The first-order chi connectivity index (χ1) is 10.6. The van der Waals surface area contributed by atoms with Gasteiger partial charge >= 0.3 is 0 Å². The number of aromatic nitrogens is 3. The second kappa shape index (κ2) is 5.65. The van der Waals surface area contributed by atoms with E-state index < -0.39 is 5.91 Å². The van der Waals surface area contributed by atoms with E-state index in [0.29, 0.717) is 17.6 Å². The summed E-state index contributed by atoms with van der Waals surface area (Å²) >= 11 is 6.18. The number of benzene rings is 1. The molecular formula is C15H13ClN4O2. The topological polar surface area (TPSA) is 83.0 Å². The highest BCUT2D eigenvalue weighted by molar-refractivity contribution is 6.38. The standard InChI is InChI=1S/C15H13ClN4O2/c1-22-10-4-2-9(3-5-10)8-20-15-12(7-19-20)13(16)11(6-18-15)14(17)21/h2-7H,8H2,1H3,(H2,17,21). The molecule has 3 rings (SSSR count). The van der Waals surface area contributed by atoms with Crippen LogP contribution in [0.2, 0.25) is 5.02 Å². The van der Waals surface area contributed by atoms with Crippen LogP contribution < -0.4 is 10.5 Å². The minimum Gasteiger partial charge on any atom is -0.497 e. The number of pyridine rings is 1. The Hall–Kier alpha value is -2.60. The van der Waals surface area contributed by atoms with Gasteiger partial charge in [0.1, 0.15) is 5.75 Å². The van der Waals surface area contributed by atoms with E-state index in [-0.39, 0.29) is 10.6 Å². The van der Waals surface area contributed by atoms with Gasteiger partial charge in [-0.25, -0.2) is 9.67 Å². The summed E-state index contributed by atoms with van der Waals surface area (Å²) in [5.41, 5.74) is 7.10. The molecule has 22 heavy (non-hydrogen) atoms. The van der Waals surface area contributed by atoms with Crippen LogP contribution in [0.4, 0.5) is 0 Å². The Bertz CT molecular complexity index is 843. The van der Waals surface area contributed by atoms with Gasteiger partial charge in [0, 0.05) is 6.20 Å². The molecule has 1 aromatic carbocycles. The molecule has 3 aromatic rings. The number of halogens is 1. The number of carbonyl (C=O) groups is 1. The quantitative estimate of drug-likeness (QED) is 0.800. The molecule has 0 unspecified atom stereocenters. The van der Waals surface area contributed by atoms with Crippen molar-refractivity contribution in [3.63, 3.8) is 0 Å². The second-order valence-corrected chi connectivity index (χ2v) is 5.12. The van der Waals surface area contributed by atoms with E-state index in [1.165, 1.54) is 6.20 Å². The SMILES string of the molecule is COc1ccc(Cn2ncc3c(Cl)c(C(N)=O)cnc32)cc1. The van der Waals surface area contributed by atoms with Crippen LogP contribution in [0.3, 0.4) is 0 Å². The van der Waals surface area contributed by atoms with Crippen LogP contribution in [-0.2, 0) is 6.54 Å². The molecule has 0 radical (unpaired) electrons. The van der Waals surface area contributed by atoms with E-state index in [4.69, 9.17) is 22.1 Å². The zero-order chi connectivity index (χ0) is 15.7. The lowest BCUT2D eigenvalue weighted by molar-refractivity contribution is 0.100. The summed E-state index contributed by atoms with van der Waals surface area (Å²) in [5.74, 6) is 0.184. The summed E-state index contributed by atoms with van der Waals surface area (Å²) in [6.07, 6.45) is 2.96. The Labute approximate surface area is 131 Å². The predicted octanol–water partition coefficient (Wildman–Crippen LogP) is 2.24. The van der Waals surface area contributed by atoms with Crippen LogP contribution in [0.25, 0.3) is 11.0 Å². The number of nitrogens with zero attached hydrogens (tertiary/aromatic N) is 3. The van der Waals surface area contributed by atoms with Crippen molar-refractivity contribution < 1.29 is 9.53 Å². The molecule has 7 heteroatoms. The largest absolute Gasteiger partial charge is 0.497 e. The lowest BCUT2D eigenvalue weighted by atomic mass is 10.2. The number of hydrogen-bond acceptors (Lipinski definition) is 4. The number of methoxy groups -OCH3 is 1. The molecule has 0 aliphatic carbocycles. The molecular weight excluding hydrogens is 304 g/mol. The number of amides is 1. The van der Waals surface area contributed by atoms with Crippen LogP contribution in [-0.4, -0.2) is 27.8 Å². The van der Waals surface area contributed by atoms with Crippen molar-refractivity contribution in [2.24, 2.45) is 5.73 Å². The maximum atomic E-state index is 11.3. The van der Waals surface area contributed by atoms with Gasteiger partial charge in [-0.05, 0) is 17.7 Å². The van der Waals surface area contributed by atoms with Gasteiger partial charge in [0.05, 0.1) is 35.8 Å². The van der Waals surface area contributed by atoms with E-state index in [2.05, 4.69) is 10.1 Å². The van der Waals surface area contributed by atoms with Crippen LogP contribution in [0.5, 0.6) is 5.75 Å². The highest BCUT2D eigenvalue weighted by Gasteiger charge is 2.14. The molecule has 1 amide bonds. The lowest BCUT2D eigenvalue weighted by Crippen LogP contribution is -2.12. The van der Waals surface area contributed by atoms with Gasteiger partial charge in [-0.3, -0.25) is 4.79 Å². The van der Waals surface area contributed by atoms with Gasteiger partial charge < -0.3 is 10.5 Å². The monoisotopic (exact) mass is 316 g/mol. The predicted molar refractivity (Wildman–Crippen MR) is 83.2 cm³/mol. The fourth-order valence-electron chi connectivity index (χ4n) is 2.19. The van der Waals surface area contributed by atoms with Crippen molar-refractivity contribution in [2.45, 2.75) is 6.54 Å². The molecule has 0 aliphatic rings. The summed E-state index contributed by atoms with van der Waals surface area (Å²) < 4.78 is 6.85. The molecule has 0 spiro atoms. The van der Waals surface area contributed by atoms with E-state index in [1.54, 1.807) is 18.0 Å². The van der Waals surface area contributed by atoms with Gasteiger partial charge in [0.15, 0.2) is 5.65 Å². The van der Waals surface area contributed by atoms with Crippen molar-refractivity contribution in [3.05, 3.63) is 52.8 Å². The molecule has 0 aliphatic heterocycles. The maximum Gasteiger partial charge on any atom is 0.251 e. The van der Waals surface area contributed by atoms with Crippen molar-refractivity contribution in [3.8, 4) is 5.75 Å². The molecule has 112 valence electrons. The Morgan fingerprint density at radius 1 is 1.32 bits per heavy atom. The van der Waals surface area contributed by atoms with E-state index in [9.17, 15) is 4.79 Å². The molecule has 0 atom stereocenters. The van der Waals surface area contributed by atoms with Crippen molar-refractivity contribution in [2.75, 3.05) is 7.11 Å². The van der Waals surface area contributed by atoms with Gasteiger partial charge in [-0.15, -0.1) is 0 Å². The third kappa shape index (κ3) is 2.48. The molecule has 0 saturated heterocycles. The smallest absolute Gasteiger partial charge is 0.251 e. The molecule has 2 heterocycles. The first-order valence-electron chi connectivity index (χ1n) is 6.53. The van der Waals surface area contributed by atoms with Crippen LogP contribution in [0, 0.1) is 0 Å². The summed E-state index contributed by atoms with van der Waals surface area (Å²) in [7, 11) is 1.62. The highest BCUT2D eigenvalue weighted by Crippen LogP contribution is 2.25. The third-order valence-corrected chi connectivity index (χ3v) is 3.76. The molecule has 0 fully saturated rings. The molecule has 2 N–H and O–H groups in total. The molecule has 0 saturated carbocycles. The number of hydrogen-bond donors (Lipinski definition) is 1. The summed E-state index contributed by atoms with van der Waals surface area (Å²) in [5, 5.41) is 5.16. The van der Waals surface area contributed by atoms with Crippen LogP contribution in [0.15, 0.2) is 36.7 Å². The number of carbonyl (C=O) groups excluding carboxylic acids is 1. The summed E-state index contributed by atoms with van der Waals surface area (Å²) in [6.45, 7) is 0.534. The van der Waals surface area contributed by atoms with Gasteiger partial charge in [0.2, 0.25) is 0 Å². The molecule has 6 nitrogen and oxygen atoms in total. The number of primary amides is 1. The Morgan fingerprint density at radius 3 is 2.68 bits per heavy atom. The van der Waals surface area contributed by atoms with Gasteiger partial charge in [0.25, 0.3) is 5.91 Å². The highest BCUT2D eigenvalue weighted by atomic mass is 35.5. The van der Waals surface area contributed by atoms with Gasteiger partial charge in [-0.2, -0.15) is 5.10 Å². The molecule has 2 aromatic heterocycles. The van der Waals surface area contributed by atoms with Crippen LogP contribution >= 0.6 is 11.6 Å². The Morgan fingerprint density at radius 2 is 2.05 bits per heavy atom. The number of nitrogens with two attached hydrogens (primary N) is 1.